The van der Waals surface area contributed by atoms with Gasteiger partial charge in [0, 0.05) is 5.69 Å². The number of amides is 1. The van der Waals surface area contributed by atoms with E-state index in [-0.39, 0.29) is 13.0 Å². The van der Waals surface area contributed by atoms with Gasteiger partial charge in [-0.15, -0.1) is 0 Å². The molecule has 0 fully saturated rings. The molecule has 0 aromatic heterocycles. The van der Waals surface area contributed by atoms with Gasteiger partial charge in [-0.05, 0) is 51.5 Å². The molecule has 0 saturated heterocycles. The molecule has 0 heterocycles. The Balaban J connectivity index is 2.67. The number of ether oxygens (including phenoxy) is 2. The number of benzene rings is 1. The maximum absolute atomic E-state index is 11.8. The van der Waals surface area contributed by atoms with Crippen LogP contribution < -0.4 is 15.8 Å². The van der Waals surface area contributed by atoms with Crippen molar-refractivity contribution in [3.63, 3.8) is 0 Å². The number of alkyl carbamates (subject to hydrolysis) is 1. The zero-order valence-corrected chi connectivity index (χ0v) is 13.9. The Morgan fingerprint density at radius 1 is 1.35 bits per heavy atom. The number of aryl methyl sites for hydroxylation is 1. The van der Waals surface area contributed by atoms with E-state index in [0.717, 1.165) is 5.56 Å². The minimum atomic E-state index is -1.04. The highest BCUT2D eigenvalue weighted by Gasteiger charge is 2.22. The van der Waals surface area contributed by atoms with Crippen molar-refractivity contribution in [2.75, 3.05) is 12.3 Å². The van der Waals surface area contributed by atoms with E-state index in [2.05, 4.69) is 5.32 Å². The highest BCUT2D eigenvalue weighted by atomic mass is 16.6. The van der Waals surface area contributed by atoms with E-state index in [1.807, 2.05) is 6.92 Å². The summed E-state index contributed by atoms with van der Waals surface area (Å²) >= 11 is 0. The Hall–Kier alpha value is -2.44. The number of nitrogens with two attached hydrogens (primary N) is 1. The average Bonchev–Trinajstić information content (AvgIpc) is 2.34. The van der Waals surface area contributed by atoms with Gasteiger partial charge < -0.3 is 25.6 Å². The standard InChI is InChI=1S/C16H24N2O5/c1-10-7-11(17)5-6-13(10)22-9-12(8-14(19)20)18-15(21)23-16(2,3)4/h5-7,12H,8-9,17H2,1-4H3,(H,18,21)(H,19,20)/t12-/m1/s1. The number of nitrogens with one attached hydrogen (secondary N) is 1. The van der Waals surface area contributed by atoms with E-state index in [1.165, 1.54) is 0 Å². The molecular weight excluding hydrogens is 300 g/mol. The molecule has 1 aromatic rings. The molecule has 1 amide bonds. The summed E-state index contributed by atoms with van der Waals surface area (Å²) in [5, 5.41) is 11.5. The van der Waals surface area contributed by atoms with Crippen LogP contribution in [0.5, 0.6) is 5.75 Å². The SMILES string of the molecule is Cc1cc(N)ccc1OC[C@@H](CC(=O)O)NC(=O)OC(C)(C)C. The Morgan fingerprint density at radius 2 is 2.00 bits per heavy atom. The molecule has 0 aliphatic heterocycles. The molecule has 23 heavy (non-hydrogen) atoms. The molecule has 4 N–H and O–H groups in total. The summed E-state index contributed by atoms with van der Waals surface area (Å²) in [6.45, 7) is 7.03. The molecule has 0 aliphatic rings. The number of rotatable bonds is 6. The zero-order valence-electron chi connectivity index (χ0n) is 13.9. The molecule has 7 heteroatoms. The smallest absolute Gasteiger partial charge is 0.408 e. The van der Waals surface area contributed by atoms with Crippen molar-refractivity contribution < 1.29 is 24.2 Å². The van der Waals surface area contributed by atoms with Crippen molar-refractivity contribution in [2.45, 2.75) is 45.8 Å². The fraction of sp³-hybridized carbons (Fsp3) is 0.500. The lowest BCUT2D eigenvalue weighted by molar-refractivity contribution is -0.137. The predicted molar refractivity (Wildman–Crippen MR) is 86.5 cm³/mol. The van der Waals surface area contributed by atoms with Crippen LogP contribution in [0.2, 0.25) is 0 Å². The second-order valence-electron chi connectivity index (χ2n) is 6.28. The van der Waals surface area contributed by atoms with Crippen molar-refractivity contribution >= 4 is 17.7 Å². The monoisotopic (exact) mass is 324 g/mol. The van der Waals surface area contributed by atoms with E-state index in [9.17, 15) is 9.59 Å². The third-order valence-corrected chi connectivity index (χ3v) is 2.78. The van der Waals surface area contributed by atoms with Gasteiger partial charge in [0.25, 0.3) is 0 Å². The summed E-state index contributed by atoms with van der Waals surface area (Å²) in [5.74, 6) is -0.454. The van der Waals surface area contributed by atoms with Crippen LogP contribution in [0.4, 0.5) is 10.5 Å². The second-order valence-corrected chi connectivity index (χ2v) is 6.28. The number of nitrogen functional groups attached to an aromatic ring is 1. The van der Waals surface area contributed by atoms with Crippen molar-refractivity contribution in [1.29, 1.82) is 0 Å². The van der Waals surface area contributed by atoms with E-state index >= 15 is 0 Å². The lowest BCUT2D eigenvalue weighted by Crippen LogP contribution is -2.43. The van der Waals surface area contributed by atoms with Gasteiger partial charge in [0.1, 0.15) is 18.0 Å². The van der Waals surface area contributed by atoms with Gasteiger partial charge in [0.05, 0.1) is 12.5 Å². The summed E-state index contributed by atoms with van der Waals surface area (Å²) in [6, 6.07) is 4.44. The quantitative estimate of drug-likeness (QED) is 0.693. The number of hydrogen-bond acceptors (Lipinski definition) is 5. The third-order valence-electron chi connectivity index (χ3n) is 2.78. The Kier molecular flexibility index (Phi) is 6.24. The number of anilines is 1. The highest BCUT2D eigenvalue weighted by Crippen LogP contribution is 2.20. The number of aliphatic carboxylic acids is 1. The second kappa shape index (κ2) is 7.71. The van der Waals surface area contributed by atoms with Crippen molar-refractivity contribution in [3.8, 4) is 5.75 Å². The van der Waals surface area contributed by atoms with E-state index < -0.39 is 23.7 Å². The fourth-order valence-corrected chi connectivity index (χ4v) is 1.86. The first-order chi connectivity index (χ1) is 10.6. The van der Waals surface area contributed by atoms with E-state index in [4.69, 9.17) is 20.3 Å². The summed E-state index contributed by atoms with van der Waals surface area (Å²) in [5.41, 5.74) is 6.45. The van der Waals surface area contributed by atoms with Crippen LogP contribution in [0.25, 0.3) is 0 Å². The van der Waals surface area contributed by atoms with Crippen LogP contribution in [0.1, 0.15) is 32.8 Å². The predicted octanol–water partition coefficient (Wildman–Crippen LogP) is 2.32. The lowest BCUT2D eigenvalue weighted by atomic mass is 10.2. The number of carboxylic acids is 1. The molecule has 7 nitrogen and oxygen atoms in total. The minimum Gasteiger partial charge on any atom is -0.491 e. The van der Waals surface area contributed by atoms with Crippen LogP contribution in [0, 0.1) is 6.92 Å². The van der Waals surface area contributed by atoms with Crippen LogP contribution in [-0.2, 0) is 9.53 Å². The zero-order chi connectivity index (χ0) is 17.6. The molecule has 128 valence electrons. The number of carbonyl (C=O) groups is 2. The van der Waals surface area contributed by atoms with Gasteiger partial charge in [-0.1, -0.05) is 0 Å². The molecule has 1 rings (SSSR count). The molecule has 0 saturated carbocycles. The molecule has 1 aromatic carbocycles. The summed E-state index contributed by atoms with van der Waals surface area (Å²) < 4.78 is 10.7. The first kappa shape index (κ1) is 18.6. The fourth-order valence-electron chi connectivity index (χ4n) is 1.86. The Bertz CT molecular complexity index is 566. The van der Waals surface area contributed by atoms with Gasteiger partial charge in [0.2, 0.25) is 0 Å². The summed E-state index contributed by atoms with van der Waals surface area (Å²) in [6.07, 6.45) is -0.950. The first-order valence-electron chi connectivity index (χ1n) is 7.27. The minimum absolute atomic E-state index is 0.0102. The van der Waals surface area contributed by atoms with E-state index in [0.29, 0.717) is 11.4 Å². The first-order valence-corrected chi connectivity index (χ1v) is 7.27. The average molecular weight is 324 g/mol. The highest BCUT2D eigenvalue weighted by molar-refractivity contribution is 5.71. The van der Waals surface area contributed by atoms with Gasteiger partial charge >= 0.3 is 12.1 Å². The van der Waals surface area contributed by atoms with Crippen molar-refractivity contribution in [3.05, 3.63) is 23.8 Å². The largest absolute Gasteiger partial charge is 0.491 e. The van der Waals surface area contributed by atoms with Crippen LogP contribution >= 0.6 is 0 Å². The molecule has 0 aliphatic carbocycles. The summed E-state index contributed by atoms with van der Waals surface area (Å²) in [4.78, 5) is 22.7. The maximum Gasteiger partial charge on any atom is 0.408 e. The number of carboxylic acid groups (broad SMARTS) is 1. The molecule has 1 atom stereocenters. The molecular formula is C16H24N2O5. The van der Waals surface area contributed by atoms with Gasteiger partial charge in [-0.25, -0.2) is 4.79 Å². The van der Waals surface area contributed by atoms with Crippen molar-refractivity contribution in [2.24, 2.45) is 0 Å². The van der Waals surface area contributed by atoms with Crippen LogP contribution in [-0.4, -0.2) is 35.4 Å². The Labute approximate surface area is 135 Å². The van der Waals surface area contributed by atoms with Gasteiger partial charge in [-0.2, -0.15) is 0 Å². The third kappa shape index (κ3) is 7.39. The maximum atomic E-state index is 11.8. The normalized spacial score (nSPS) is 12.3. The number of hydrogen-bond donors (Lipinski definition) is 3. The molecule has 0 spiro atoms. The van der Waals surface area contributed by atoms with Gasteiger partial charge in [-0.3, -0.25) is 4.79 Å². The number of carbonyl (C=O) groups excluding carboxylic acids is 1. The van der Waals surface area contributed by atoms with Crippen molar-refractivity contribution in [1.82, 2.24) is 5.32 Å². The van der Waals surface area contributed by atoms with Crippen LogP contribution in [0.15, 0.2) is 18.2 Å². The molecule has 0 bridgehead atoms. The Morgan fingerprint density at radius 3 is 2.52 bits per heavy atom. The molecule has 0 unspecified atom stereocenters. The topological polar surface area (TPSA) is 111 Å². The van der Waals surface area contributed by atoms with Gasteiger partial charge in [0.15, 0.2) is 0 Å². The van der Waals surface area contributed by atoms with Crippen LogP contribution in [0.3, 0.4) is 0 Å². The molecule has 0 radical (unpaired) electrons. The lowest BCUT2D eigenvalue weighted by Gasteiger charge is -2.23. The summed E-state index contributed by atoms with van der Waals surface area (Å²) in [7, 11) is 0. The van der Waals surface area contributed by atoms with E-state index in [1.54, 1.807) is 39.0 Å².